The third kappa shape index (κ3) is 11.2. The zero-order valence-corrected chi connectivity index (χ0v) is 48.7. The summed E-state index contributed by atoms with van der Waals surface area (Å²) in [5.41, 5.74) is 6.83. The monoisotopic (exact) mass is 1150 g/mol. The van der Waals surface area contributed by atoms with Crippen LogP contribution < -0.4 is 16.0 Å². The average Bonchev–Trinajstić information content (AvgIpc) is 2.20. The van der Waals surface area contributed by atoms with Crippen LogP contribution in [0.15, 0.2) is 115 Å². The van der Waals surface area contributed by atoms with E-state index < -0.39 is 48.2 Å². The molecule has 85 heavy (non-hydrogen) atoms. The molecule has 5 aromatic carbocycles. The van der Waals surface area contributed by atoms with Crippen LogP contribution in [0.3, 0.4) is 0 Å². The predicted molar refractivity (Wildman–Crippen MR) is 317 cm³/mol. The number of nitrogens with one attached hydrogen (secondary N) is 5. The van der Waals surface area contributed by atoms with E-state index in [1.165, 1.54) is 6.07 Å². The number of halogens is 2. The molecule has 4 heterocycles. The van der Waals surface area contributed by atoms with E-state index in [0.29, 0.717) is 69.2 Å². The highest BCUT2D eigenvalue weighted by Crippen LogP contribution is 2.59. The van der Waals surface area contributed by atoms with Gasteiger partial charge in [0.1, 0.15) is 43.0 Å². The Morgan fingerprint density at radius 3 is 1.94 bits per heavy atom. The SMILES string of the molecule is [CH2]c1ccc(COC(=O)NC(C(=O)NC(C(=O)N2C3CCC(C3)[C@@H]2c2nc3ccc(-c4ccc5c(c4)C(F)(F)c4cc(-c6cnc(C7CC8(CC8)CN7C(=O)C(NC(=O)OCc7ccccc7)C(C)C)[nH]6)ccc4-5)cc3[nH]2)C(C)C)C(C)C)cc1. The van der Waals surface area contributed by atoms with E-state index in [1.54, 1.807) is 24.4 Å². The number of ether oxygens (including phenoxy) is 2. The fraction of sp³-hybridized carbons (Fsp3) is 0.403. The number of likely N-dealkylation sites (tertiary alicyclic amines) is 2. The Hall–Kier alpha value is -8.41. The molecule has 5 amide bonds. The highest BCUT2D eigenvalue weighted by molar-refractivity contribution is 5.93. The molecule has 7 atom stereocenters. The Balaban J connectivity index is 0.731. The Kier molecular flexibility index (Phi) is 15.1. The van der Waals surface area contributed by atoms with Crippen molar-refractivity contribution in [3.05, 3.63) is 162 Å². The van der Waals surface area contributed by atoms with Gasteiger partial charge in [0.25, 0.3) is 5.92 Å². The maximum atomic E-state index is 17.0. The second-order valence-corrected chi connectivity index (χ2v) is 25.2. The lowest BCUT2D eigenvalue weighted by Crippen LogP contribution is -2.58. The van der Waals surface area contributed by atoms with Crippen molar-refractivity contribution in [1.82, 2.24) is 45.7 Å². The minimum atomic E-state index is -3.33. The number of alkyl carbamates (subject to hydrolysis) is 2. The fourth-order valence-electron chi connectivity index (χ4n) is 13.3. The van der Waals surface area contributed by atoms with Crippen LogP contribution in [-0.4, -0.2) is 90.4 Å². The fourth-order valence-corrected chi connectivity index (χ4v) is 13.3. The number of amides is 5. The minimum absolute atomic E-state index is 0.0159. The third-order valence-corrected chi connectivity index (χ3v) is 18.2. The van der Waals surface area contributed by atoms with Crippen molar-refractivity contribution in [2.45, 2.75) is 135 Å². The molecule has 18 heteroatoms. The van der Waals surface area contributed by atoms with Gasteiger partial charge in [0, 0.05) is 29.3 Å². The van der Waals surface area contributed by atoms with Crippen molar-refractivity contribution in [2.24, 2.45) is 29.1 Å². The van der Waals surface area contributed by atoms with Gasteiger partial charge in [0.2, 0.25) is 17.7 Å². The molecule has 2 bridgehead atoms. The van der Waals surface area contributed by atoms with E-state index in [-0.39, 0.29) is 77.3 Å². The summed E-state index contributed by atoms with van der Waals surface area (Å²) >= 11 is 0. The molecule has 441 valence electrons. The first-order valence-corrected chi connectivity index (χ1v) is 29.7. The van der Waals surface area contributed by atoms with Crippen LogP contribution >= 0.6 is 0 Å². The maximum absolute atomic E-state index is 17.0. The van der Waals surface area contributed by atoms with Crippen LogP contribution in [0.1, 0.15) is 132 Å². The van der Waals surface area contributed by atoms with E-state index in [1.807, 2.05) is 136 Å². The second kappa shape index (κ2) is 22.5. The second-order valence-electron chi connectivity index (χ2n) is 25.2. The number of benzene rings is 5. The van der Waals surface area contributed by atoms with Crippen LogP contribution in [0.2, 0.25) is 0 Å². The number of imidazole rings is 2. The van der Waals surface area contributed by atoms with Gasteiger partial charge in [-0.1, -0.05) is 126 Å². The van der Waals surface area contributed by atoms with Gasteiger partial charge in [-0.2, -0.15) is 8.78 Å². The first-order chi connectivity index (χ1) is 40.7. The lowest BCUT2D eigenvalue weighted by atomic mass is 9.95. The predicted octanol–water partition coefficient (Wildman–Crippen LogP) is 12.1. The van der Waals surface area contributed by atoms with E-state index in [0.717, 1.165) is 48.8 Å². The first kappa shape index (κ1) is 57.0. The Morgan fingerprint density at radius 2 is 1.28 bits per heavy atom. The molecule has 1 spiro atoms. The molecule has 16 nitrogen and oxygen atoms in total. The number of H-pyrrole nitrogens is 2. The van der Waals surface area contributed by atoms with E-state index in [4.69, 9.17) is 19.4 Å². The molecule has 4 fully saturated rings. The summed E-state index contributed by atoms with van der Waals surface area (Å²) < 4.78 is 44.9. The molecule has 6 unspecified atom stereocenters. The number of aromatic amines is 2. The normalized spacial score (nSPS) is 20.6. The van der Waals surface area contributed by atoms with Crippen LogP contribution in [0.5, 0.6) is 0 Å². The summed E-state index contributed by atoms with van der Waals surface area (Å²) in [5, 5.41) is 8.54. The molecule has 1 radical (unpaired) electrons. The van der Waals surface area contributed by atoms with E-state index >= 15 is 8.78 Å². The number of alkyl halides is 2. The van der Waals surface area contributed by atoms with Gasteiger partial charge in [0.05, 0.1) is 35.0 Å². The van der Waals surface area contributed by atoms with Crippen LogP contribution in [0.25, 0.3) is 44.5 Å². The molecular weight excluding hydrogens is 1080 g/mol. The molecule has 5 N–H and O–H groups in total. The van der Waals surface area contributed by atoms with Crippen molar-refractivity contribution in [3.63, 3.8) is 0 Å². The van der Waals surface area contributed by atoms with E-state index in [9.17, 15) is 24.0 Å². The summed E-state index contributed by atoms with van der Waals surface area (Å²) in [6, 6.07) is 29.0. The van der Waals surface area contributed by atoms with Crippen molar-refractivity contribution < 1.29 is 42.2 Å². The number of carbonyl (C=O) groups is 5. The molecule has 3 aliphatic carbocycles. The van der Waals surface area contributed by atoms with Gasteiger partial charge < -0.3 is 45.2 Å². The molecular formula is C67H72F2N9O7. The van der Waals surface area contributed by atoms with Gasteiger partial charge in [-0.3, -0.25) is 14.4 Å². The van der Waals surface area contributed by atoms with Crippen LogP contribution in [0, 0.1) is 36.0 Å². The highest BCUT2D eigenvalue weighted by Gasteiger charge is 2.56. The standard InChI is InChI=1S/C67H72F2N9O7/c1-36(2)55(75-64(82)85-34-41-15-13-39(7)14-16-41)61(79)74-57(38(5)6)63(81)78-46-21-17-45(27-46)58(78)60-71-51-24-20-43(30-52(51)72-60)42-18-22-47-48-23-19-44(29-50(48)67(68,69)49(47)28-42)53-32-70-59(73-53)54-31-66(25-26-66)35-77(54)62(80)56(37(3)4)76-65(83)84-33-40-11-9-8-10-12-40/h8-16,18-20,22-24,28-30,32,36-38,45-46,54-58H,7,17,21,25-27,31,33-35H2,1-6H3,(H,70,73)(H,71,72)(H,74,79)(H,75,82)(H,76,83)/t45?,46?,54?,55?,56?,57?,58-/m1/s1. The number of nitrogens with zero attached hydrogens (tertiary/aromatic N) is 4. The Morgan fingerprint density at radius 1 is 0.682 bits per heavy atom. The highest BCUT2D eigenvalue weighted by atomic mass is 19.3. The zero-order valence-electron chi connectivity index (χ0n) is 48.7. The smallest absolute Gasteiger partial charge is 0.408 e. The lowest BCUT2D eigenvalue weighted by Gasteiger charge is -2.38. The molecule has 2 saturated carbocycles. The number of rotatable bonds is 17. The van der Waals surface area contributed by atoms with Crippen molar-refractivity contribution >= 4 is 40.9 Å². The van der Waals surface area contributed by atoms with Gasteiger partial charge in [-0.15, -0.1) is 0 Å². The molecule has 2 aliphatic heterocycles. The minimum Gasteiger partial charge on any atom is -0.445 e. The topological polar surface area (TPSA) is 204 Å². The van der Waals surface area contributed by atoms with Gasteiger partial charge in [-0.05, 0) is 138 Å². The van der Waals surface area contributed by atoms with Crippen molar-refractivity contribution in [3.8, 4) is 33.5 Å². The number of hydrogen-bond acceptors (Lipinski definition) is 9. The summed E-state index contributed by atoms with van der Waals surface area (Å²) in [7, 11) is 0. The third-order valence-electron chi connectivity index (χ3n) is 18.2. The summed E-state index contributed by atoms with van der Waals surface area (Å²) in [4.78, 5) is 89.6. The maximum Gasteiger partial charge on any atom is 0.408 e. The molecule has 2 saturated heterocycles. The average molecular weight is 1150 g/mol. The van der Waals surface area contributed by atoms with Crippen LogP contribution in [0.4, 0.5) is 18.4 Å². The molecule has 7 aromatic rings. The van der Waals surface area contributed by atoms with Crippen LogP contribution in [-0.2, 0) is 43.0 Å². The summed E-state index contributed by atoms with van der Waals surface area (Å²) in [6.07, 6.45) is 5.40. The number of piperidine rings is 1. The van der Waals surface area contributed by atoms with Crippen molar-refractivity contribution in [2.75, 3.05) is 6.54 Å². The lowest BCUT2D eigenvalue weighted by molar-refractivity contribution is -0.142. The number of hydrogen-bond donors (Lipinski definition) is 5. The van der Waals surface area contributed by atoms with Gasteiger partial charge >= 0.3 is 12.2 Å². The van der Waals surface area contributed by atoms with Gasteiger partial charge in [-0.25, -0.2) is 19.6 Å². The Labute approximate surface area is 493 Å². The molecule has 5 aliphatic rings. The first-order valence-electron chi connectivity index (χ1n) is 29.7. The molecule has 2 aromatic heterocycles. The number of aromatic nitrogens is 4. The summed E-state index contributed by atoms with van der Waals surface area (Å²) in [5.74, 6) is -3.77. The zero-order chi connectivity index (χ0) is 59.6. The van der Waals surface area contributed by atoms with Gasteiger partial charge in [0.15, 0.2) is 0 Å². The van der Waals surface area contributed by atoms with Crippen molar-refractivity contribution in [1.29, 1.82) is 0 Å². The molecule has 12 rings (SSSR count). The Bertz CT molecular complexity index is 3710. The quantitative estimate of drug-likeness (QED) is 0.0588. The number of carbonyl (C=O) groups excluding carboxylic acids is 5. The number of fused-ring (bicyclic) bond motifs is 6. The summed E-state index contributed by atoms with van der Waals surface area (Å²) in [6.45, 7) is 15.7. The largest absolute Gasteiger partial charge is 0.445 e. The van der Waals surface area contributed by atoms with E-state index in [2.05, 4.69) is 32.8 Å².